The van der Waals surface area contributed by atoms with E-state index in [2.05, 4.69) is 19.8 Å². The van der Waals surface area contributed by atoms with Crippen molar-refractivity contribution in [1.82, 2.24) is 24.5 Å². The van der Waals surface area contributed by atoms with Crippen molar-refractivity contribution < 1.29 is 8.42 Å². The van der Waals surface area contributed by atoms with Crippen LogP contribution < -0.4 is 4.72 Å². The molecule has 2 aromatic heterocycles. The van der Waals surface area contributed by atoms with Crippen LogP contribution in [0.4, 0.5) is 0 Å². The van der Waals surface area contributed by atoms with Gasteiger partial charge in [0.15, 0.2) is 5.82 Å². The molecule has 4 aromatic rings. The number of hydrogen-bond acceptors (Lipinski definition) is 5. The highest BCUT2D eigenvalue weighted by Gasteiger charge is 2.15. The minimum absolute atomic E-state index is 0.0891. The standard InChI is InChI=1S/C20H17N5O2S/c26-28(27,19-10-8-17(9-11-19)16-5-2-1-3-6-16)24-13-18-7-4-12-22-20(18)25-15-21-14-23-25/h1-12,14-15,24H,13H2. The molecule has 0 bridgehead atoms. The molecular formula is C20H17N5O2S. The first-order valence-electron chi connectivity index (χ1n) is 8.57. The van der Waals surface area contributed by atoms with Crippen LogP contribution in [0.15, 0.2) is 90.5 Å². The van der Waals surface area contributed by atoms with Gasteiger partial charge in [-0.15, -0.1) is 0 Å². The highest BCUT2D eigenvalue weighted by molar-refractivity contribution is 7.89. The van der Waals surface area contributed by atoms with E-state index in [1.54, 1.807) is 42.6 Å². The molecule has 2 heterocycles. The van der Waals surface area contributed by atoms with Crippen molar-refractivity contribution in [3.63, 3.8) is 0 Å². The highest BCUT2D eigenvalue weighted by atomic mass is 32.2. The van der Waals surface area contributed by atoms with Crippen LogP contribution in [-0.2, 0) is 16.6 Å². The fourth-order valence-corrected chi connectivity index (χ4v) is 3.81. The van der Waals surface area contributed by atoms with Crippen molar-refractivity contribution in [2.75, 3.05) is 0 Å². The molecule has 0 saturated heterocycles. The third-order valence-corrected chi connectivity index (χ3v) is 5.64. The number of sulfonamides is 1. The smallest absolute Gasteiger partial charge is 0.237 e. The Balaban J connectivity index is 1.53. The van der Waals surface area contributed by atoms with Gasteiger partial charge in [0.2, 0.25) is 10.0 Å². The zero-order chi connectivity index (χ0) is 19.4. The van der Waals surface area contributed by atoms with Gasteiger partial charge >= 0.3 is 0 Å². The summed E-state index contributed by atoms with van der Waals surface area (Å²) in [7, 11) is -3.67. The number of nitrogens with one attached hydrogen (secondary N) is 1. The second-order valence-electron chi connectivity index (χ2n) is 6.04. The predicted octanol–water partition coefficient (Wildman–Crippen LogP) is 2.81. The Bertz CT molecular complexity index is 1160. The van der Waals surface area contributed by atoms with Gasteiger partial charge in [-0.05, 0) is 29.3 Å². The normalized spacial score (nSPS) is 11.4. The van der Waals surface area contributed by atoms with Crippen LogP contribution in [0.1, 0.15) is 5.56 Å². The third kappa shape index (κ3) is 3.83. The number of benzene rings is 2. The second kappa shape index (κ2) is 7.71. The lowest BCUT2D eigenvalue weighted by Crippen LogP contribution is -2.24. The summed E-state index contributed by atoms with van der Waals surface area (Å²) >= 11 is 0. The van der Waals surface area contributed by atoms with E-state index in [0.717, 1.165) is 11.1 Å². The molecular weight excluding hydrogens is 374 g/mol. The average Bonchev–Trinajstić information content (AvgIpc) is 3.28. The van der Waals surface area contributed by atoms with E-state index in [9.17, 15) is 8.42 Å². The van der Waals surface area contributed by atoms with E-state index in [4.69, 9.17) is 0 Å². The fourth-order valence-electron chi connectivity index (χ4n) is 2.81. The van der Waals surface area contributed by atoms with Gasteiger partial charge in [0, 0.05) is 18.3 Å². The van der Waals surface area contributed by atoms with Gasteiger partial charge in [-0.1, -0.05) is 48.5 Å². The molecule has 28 heavy (non-hydrogen) atoms. The van der Waals surface area contributed by atoms with Gasteiger partial charge in [-0.3, -0.25) is 0 Å². The summed E-state index contributed by atoms with van der Waals surface area (Å²) in [5.74, 6) is 0.530. The molecule has 0 amide bonds. The Morgan fingerprint density at radius 1 is 0.893 bits per heavy atom. The summed E-state index contributed by atoms with van der Waals surface area (Å²) in [6.07, 6.45) is 4.54. The zero-order valence-electron chi connectivity index (χ0n) is 14.8. The maximum atomic E-state index is 12.7. The first-order valence-corrected chi connectivity index (χ1v) is 10.1. The van der Waals surface area contributed by atoms with E-state index in [1.807, 2.05) is 30.3 Å². The van der Waals surface area contributed by atoms with E-state index in [-0.39, 0.29) is 11.4 Å². The molecule has 0 fully saturated rings. The molecule has 140 valence electrons. The third-order valence-electron chi connectivity index (χ3n) is 4.23. The van der Waals surface area contributed by atoms with E-state index < -0.39 is 10.0 Å². The number of nitrogens with zero attached hydrogens (tertiary/aromatic N) is 4. The lowest BCUT2D eigenvalue weighted by molar-refractivity contribution is 0.581. The Labute approximate surface area is 162 Å². The predicted molar refractivity (Wildman–Crippen MR) is 105 cm³/mol. The van der Waals surface area contributed by atoms with Crippen molar-refractivity contribution in [1.29, 1.82) is 0 Å². The van der Waals surface area contributed by atoms with Crippen LogP contribution in [0.3, 0.4) is 0 Å². The molecule has 0 radical (unpaired) electrons. The summed E-state index contributed by atoms with van der Waals surface area (Å²) in [5, 5.41) is 4.05. The minimum atomic E-state index is -3.67. The van der Waals surface area contributed by atoms with Crippen LogP contribution in [0.25, 0.3) is 16.9 Å². The Morgan fingerprint density at radius 3 is 2.36 bits per heavy atom. The summed E-state index contributed by atoms with van der Waals surface area (Å²) in [5.41, 5.74) is 2.69. The summed E-state index contributed by atoms with van der Waals surface area (Å²) in [6.45, 7) is 0.0891. The molecule has 8 heteroatoms. The topological polar surface area (TPSA) is 89.8 Å². The minimum Gasteiger partial charge on any atom is -0.237 e. The van der Waals surface area contributed by atoms with E-state index >= 15 is 0 Å². The van der Waals surface area contributed by atoms with Gasteiger partial charge < -0.3 is 0 Å². The van der Waals surface area contributed by atoms with Gasteiger partial charge in [0.05, 0.1) is 4.90 Å². The van der Waals surface area contributed by atoms with Crippen LogP contribution in [0.2, 0.25) is 0 Å². The van der Waals surface area contributed by atoms with Crippen molar-refractivity contribution >= 4 is 10.0 Å². The molecule has 0 aliphatic rings. The molecule has 0 spiro atoms. The highest BCUT2D eigenvalue weighted by Crippen LogP contribution is 2.21. The Hall–Kier alpha value is -3.36. The zero-order valence-corrected chi connectivity index (χ0v) is 15.6. The molecule has 0 unspecified atom stereocenters. The van der Waals surface area contributed by atoms with E-state index in [0.29, 0.717) is 11.4 Å². The number of hydrogen-bond donors (Lipinski definition) is 1. The summed E-state index contributed by atoms with van der Waals surface area (Å²) in [6, 6.07) is 20.2. The molecule has 1 N–H and O–H groups in total. The average molecular weight is 391 g/mol. The Morgan fingerprint density at radius 2 is 1.64 bits per heavy atom. The fraction of sp³-hybridized carbons (Fsp3) is 0.0500. The maximum Gasteiger partial charge on any atom is 0.240 e. The van der Waals surface area contributed by atoms with Crippen LogP contribution >= 0.6 is 0 Å². The molecule has 0 aliphatic heterocycles. The summed E-state index contributed by atoms with van der Waals surface area (Å²) < 4.78 is 29.5. The lowest BCUT2D eigenvalue weighted by atomic mass is 10.1. The van der Waals surface area contributed by atoms with E-state index in [1.165, 1.54) is 17.3 Å². The monoisotopic (exact) mass is 391 g/mol. The second-order valence-corrected chi connectivity index (χ2v) is 7.81. The van der Waals surface area contributed by atoms with Crippen molar-refractivity contribution in [2.45, 2.75) is 11.4 Å². The molecule has 0 atom stereocenters. The molecule has 2 aromatic carbocycles. The lowest BCUT2D eigenvalue weighted by Gasteiger charge is -2.10. The largest absolute Gasteiger partial charge is 0.240 e. The van der Waals surface area contributed by atoms with Gasteiger partial charge in [0.25, 0.3) is 0 Å². The van der Waals surface area contributed by atoms with Crippen molar-refractivity contribution in [2.24, 2.45) is 0 Å². The molecule has 0 saturated carbocycles. The van der Waals surface area contributed by atoms with Crippen LogP contribution in [-0.4, -0.2) is 28.2 Å². The van der Waals surface area contributed by atoms with Gasteiger partial charge in [-0.25, -0.2) is 27.8 Å². The SMILES string of the molecule is O=S(=O)(NCc1cccnc1-n1cncn1)c1ccc(-c2ccccc2)cc1. The van der Waals surface area contributed by atoms with Crippen molar-refractivity contribution in [3.05, 3.63) is 91.1 Å². The number of pyridine rings is 1. The van der Waals surface area contributed by atoms with Crippen LogP contribution in [0.5, 0.6) is 0 Å². The summed E-state index contributed by atoms with van der Waals surface area (Å²) in [4.78, 5) is 8.37. The van der Waals surface area contributed by atoms with Gasteiger partial charge in [-0.2, -0.15) is 5.10 Å². The molecule has 7 nitrogen and oxygen atoms in total. The number of rotatable bonds is 6. The molecule has 0 aliphatic carbocycles. The first-order chi connectivity index (χ1) is 13.6. The quantitative estimate of drug-likeness (QED) is 0.546. The van der Waals surface area contributed by atoms with Crippen LogP contribution in [0, 0.1) is 0 Å². The van der Waals surface area contributed by atoms with Gasteiger partial charge in [0.1, 0.15) is 12.7 Å². The maximum absolute atomic E-state index is 12.7. The first kappa shape index (κ1) is 18.0. The van der Waals surface area contributed by atoms with Crippen molar-refractivity contribution in [3.8, 4) is 16.9 Å². The Kier molecular flexibility index (Phi) is 4.96. The number of aromatic nitrogens is 4. The molecule has 4 rings (SSSR count).